The van der Waals surface area contributed by atoms with Crippen LogP contribution in [0.25, 0.3) is 0 Å². The van der Waals surface area contributed by atoms with Gasteiger partial charge in [0.1, 0.15) is 22.9 Å². The summed E-state index contributed by atoms with van der Waals surface area (Å²) in [5.41, 5.74) is -0.802. The first-order valence-corrected chi connectivity index (χ1v) is 12.0. The number of nitrogens with zero attached hydrogens (tertiary/aromatic N) is 1. The number of benzene rings is 1. The van der Waals surface area contributed by atoms with Crippen LogP contribution in [-0.4, -0.2) is 22.9 Å². The maximum atomic E-state index is 14.0. The summed E-state index contributed by atoms with van der Waals surface area (Å²) in [4.78, 5) is 39.7. The van der Waals surface area contributed by atoms with Gasteiger partial charge in [-0.15, -0.1) is 13.2 Å². The van der Waals surface area contributed by atoms with E-state index in [1.54, 1.807) is 16.7 Å². The zero-order chi connectivity index (χ0) is 26.8. The number of carbonyl (C=O) groups excluding carboxylic acids is 2. The molecular formula is C28H34F2N2O4. The molecule has 1 amide bonds. The van der Waals surface area contributed by atoms with Gasteiger partial charge in [0.25, 0.3) is 5.91 Å². The highest BCUT2D eigenvalue weighted by molar-refractivity contribution is 6.00. The van der Waals surface area contributed by atoms with Crippen molar-refractivity contribution in [1.82, 2.24) is 9.88 Å². The van der Waals surface area contributed by atoms with Crippen LogP contribution in [-0.2, 0) is 13.1 Å². The van der Waals surface area contributed by atoms with Crippen molar-refractivity contribution in [2.75, 3.05) is 6.61 Å². The molecular weight excluding hydrogens is 466 g/mol. The Morgan fingerprint density at radius 1 is 1.17 bits per heavy atom. The molecule has 2 atom stereocenters. The molecule has 8 heteroatoms. The molecule has 0 saturated heterocycles. The van der Waals surface area contributed by atoms with Gasteiger partial charge in [-0.25, -0.2) is 8.78 Å². The number of carbonyl (C=O) groups is 2. The van der Waals surface area contributed by atoms with E-state index in [2.05, 4.69) is 18.5 Å². The van der Waals surface area contributed by atoms with E-state index in [4.69, 9.17) is 4.74 Å². The third-order valence-corrected chi connectivity index (χ3v) is 5.74. The largest absolute Gasteiger partial charge is 0.487 e. The fourth-order valence-electron chi connectivity index (χ4n) is 3.48. The number of ketones is 1. The summed E-state index contributed by atoms with van der Waals surface area (Å²) in [6.45, 7) is 13.4. The van der Waals surface area contributed by atoms with E-state index >= 15 is 0 Å². The number of ether oxygens (including phenoxy) is 1. The first-order chi connectivity index (χ1) is 17.1. The Bertz CT molecular complexity index is 1170. The minimum Gasteiger partial charge on any atom is -0.487 e. The molecule has 0 aliphatic heterocycles. The number of amides is 1. The average molecular weight is 501 g/mol. The summed E-state index contributed by atoms with van der Waals surface area (Å²) in [6, 6.07) is 3.02. The summed E-state index contributed by atoms with van der Waals surface area (Å²) in [6.07, 6.45) is 6.26. The molecule has 0 fully saturated rings. The fourth-order valence-corrected chi connectivity index (χ4v) is 3.48. The number of allylic oxidation sites excluding steroid dienone is 2. The van der Waals surface area contributed by atoms with Crippen molar-refractivity contribution in [1.29, 1.82) is 0 Å². The molecule has 0 saturated carbocycles. The molecule has 1 heterocycles. The summed E-state index contributed by atoms with van der Waals surface area (Å²) < 4.78 is 34.6. The first-order valence-electron chi connectivity index (χ1n) is 12.0. The molecule has 194 valence electrons. The first kappa shape index (κ1) is 28.7. The predicted octanol–water partition coefficient (Wildman–Crippen LogP) is 5.45. The molecule has 0 radical (unpaired) electrons. The Morgan fingerprint density at radius 2 is 1.86 bits per heavy atom. The minimum atomic E-state index is -0.812. The van der Waals surface area contributed by atoms with Crippen LogP contribution in [0, 0.1) is 23.5 Å². The van der Waals surface area contributed by atoms with Crippen molar-refractivity contribution < 1.29 is 23.1 Å². The van der Waals surface area contributed by atoms with E-state index in [0.717, 1.165) is 18.6 Å². The summed E-state index contributed by atoms with van der Waals surface area (Å²) in [5, 5.41) is 2.51. The van der Waals surface area contributed by atoms with Crippen LogP contribution in [0.4, 0.5) is 8.78 Å². The zero-order valence-corrected chi connectivity index (χ0v) is 21.1. The lowest BCUT2D eigenvalue weighted by Gasteiger charge is -2.21. The van der Waals surface area contributed by atoms with Crippen molar-refractivity contribution >= 4 is 11.7 Å². The van der Waals surface area contributed by atoms with Crippen LogP contribution in [0.15, 0.2) is 54.5 Å². The standard InChI is InChI=1S/C28H34F2N2O4/c1-6-9-12-36-27-25(24(33)13-18(4)7-2)32(16-19(5)8-3)17-22(26(27)34)28(35)31-15-20-10-11-21(29)14-23(20)30/h7-8,10-11,14,17-19H,2-3,6,9,12-13,15-16H2,1,4-5H3,(H,31,35)/t18-,19?/m0/s1. The van der Waals surface area contributed by atoms with Gasteiger partial charge in [-0.2, -0.15) is 0 Å². The predicted molar refractivity (Wildman–Crippen MR) is 136 cm³/mol. The van der Waals surface area contributed by atoms with E-state index < -0.39 is 23.0 Å². The van der Waals surface area contributed by atoms with Gasteiger partial charge >= 0.3 is 0 Å². The number of pyridine rings is 1. The molecule has 1 aromatic carbocycles. The third-order valence-electron chi connectivity index (χ3n) is 5.74. The lowest BCUT2D eigenvalue weighted by molar-refractivity contribution is 0.0934. The van der Waals surface area contributed by atoms with Crippen molar-refractivity contribution in [2.45, 2.75) is 53.1 Å². The Morgan fingerprint density at radius 3 is 2.47 bits per heavy atom. The monoisotopic (exact) mass is 500 g/mol. The van der Waals surface area contributed by atoms with Gasteiger partial charge in [0.15, 0.2) is 11.5 Å². The maximum absolute atomic E-state index is 14.0. The number of hydrogen-bond acceptors (Lipinski definition) is 4. The van der Waals surface area contributed by atoms with E-state index in [1.165, 1.54) is 12.3 Å². The van der Waals surface area contributed by atoms with Crippen LogP contribution in [0.5, 0.6) is 5.75 Å². The Balaban J connectivity index is 2.56. The average Bonchev–Trinajstić information content (AvgIpc) is 2.84. The normalized spacial score (nSPS) is 12.5. The highest BCUT2D eigenvalue weighted by atomic mass is 19.1. The Kier molecular flexibility index (Phi) is 10.8. The quantitative estimate of drug-likeness (QED) is 0.213. The zero-order valence-electron chi connectivity index (χ0n) is 21.1. The van der Waals surface area contributed by atoms with Crippen LogP contribution < -0.4 is 15.5 Å². The second-order valence-electron chi connectivity index (χ2n) is 8.88. The molecule has 6 nitrogen and oxygen atoms in total. The van der Waals surface area contributed by atoms with E-state index in [9.17, 15) is 23.2 Å². The molecule has 0 spiro atoms. The molecule has 1 unspecified atom stereocenters. The summed E-state index contributed by atoms with van der Waals surface area (Å²) in [5.74, 6) is -3.00. The van der Waals surface area contributed by atoms with Gasteiger partial charge in [0.2, 0.25) is 5.43 Å². The number of nitrogens with one attached hydrogen (secondary N) is 1. The molecule has 2 aromatic rings. The molecule has 1 aromatic heterocycles. The Hall–Kier alpha value is -3.55. The second-order valence-corrected chi connectivity index (χ2v) is 8.88. The third kappa shape index (κ3) is 7.47. The molecule has 2 rings (SSSR count). The molecule has 0 aliphatic carbocycles. The smallest absolute Gasteiger partial charge is 0.257 e. The van der Waals surface area contributed by atoms with E-state index in [0.29, 0.717) is 6.42 Å². The van der Waals surface area contributed by atoms with Crippen LogP contribution in [0.3, 0.4) is 0 Å². The molecule has 0 bridgehead atoms. The summed E-state index contributed by atoms with van der Waals surface area (Å²) in [7, 11) is 0. The maximum Gasteiger partial charge on any atom is 0.257 e. The van der Waals surface area contributed by atoms with E-state index in [-0.39, 0.29) is 66.3 Å². The highest BCUT2D eigenvalue weighted by Gasteiger charge is 2.26. The van der Waals surface area contributed by atoms with Gasteiger partial charge < -0.3 is 14.6 Å². The number of aromatic nitrogens is 1. The minimum absolute atomic E-state index is 0.0648. The van der Waals surface area contributed by atoms with Crippen molar-refractivity contribution in [3.8, 4) is 5.75 Å². The second kappa shape index (κ2) is 13.5. The van der Waals surface area contributed by atoms with Crippen molar-refractivity contribution in [3.63, 3.8) is 0 Å². The van der Waals surface area contributed by atoms with E-state index in [1.807, 2.05) is 20.8 Å². The lowest BCUT2D eigenvalue weighted by Crippen LogP contribution is -2.33. The van der Waals surface area contributed by atoms with Gasteiger partial charge in [-0.05, 0) is 24.3 Å². The van der Waals surface area contributed by atoms with Gasteiger partial charge in [0, 0.05) is 37.3 Å². The van der Waals surface area contributed by atoms with Gasteiger partial charge in [0.05, 0.1) is 6.61 Å². The number of unbranched alkanes of at least 4 members (excludes halogenated alkanes) is 1. The SMILES string of the molecule is C=CC(C)Cn1cc(C(=O)NCc2ccc(F)cc2F)c(=O)c(OCCCC)c1C(=O)C[C@@H](C)C=C. The number of halogens is 2. The number of rotatable bonds is 14. The lowest BCUT2D eigenvalue weighted by atomic mass is 10.0. The number of Topliss-reactive ketones (excluding diaryl/α,β-unsaturated/α-hetero) is 1. The molecule has 36 heavy (non-hydrogen) atoms. The van der Waals surface area contributed by atoms with Crippen molar-refractivity contribution in [3.05, 3.63) is 88.4 Å². The van der Waals surface area contributed by atoms with Crippen molar-refractivity contribution in [2.24, 2.45) is 11.8 Å². The van der Waals surface area contributed by atoms with Crippen LogP contribution >= 0.6 is 0 Å². The molecule has 0 aliphatic rings. The van der Waals surface area contributed by atoms with Gasteiger partial charge in [-0.1, -0.05) is 45.4 Å². The van der Waals surface area contributed by atoms with Crippen LogP contribution in [0.2, 0.25) is 0 Å². The summed E-state index contributed by atoms with van der Waals surface area (Å²) >= 11 is 0. The highest BCUT2D eigenvalue weighted by Crippen LogP contribution is 2.22. The van der Waals surface area contributed by atoms with Crippen LogP contribution in [0.1, 0.15) is 66.4 Å². The van der Waals surface area contributed by atoms with Gasteiger partial charge in [-0.3, -0.25) is 14.4 Å². The topological polar surface area (TPSA) is 77.4 Å². The Labute approximate surface area is 210 Å². The molecule has 1 N–H and O–H groups in total. The number of hydrogen-bond donors (Lipinski definition) is 1. The fraction of sp³-hybridized carbons (Fsp3) is 0.393.